The van der Waals surface area contributed by atoms with Crippen LogP contribution in [0.25, 0.3) is 0 Å². The monoisotopic (exact) mass is 294 g/mol. The zero-order valence-corrected chi connectivity index (χ0v) is 12.7. The summed E-state index contributed by atoms with van der Waals surface area (Å²) in [5, 5.41) is 11.8. The fourth-order valence-electron chi connectivity index (χ4n) is 1.94. The quantitative estimate of drug-likeness (QED) is 0.922. The van der Waals surface area contributed by atoms with Crippen molar-refractivity contribution in [2.24, 2.45) is 0 Å². The predicted molar refractivity (Wildman–Crippen MR) is 84.3 cm³/mol. The Kier molecular flexibility index (Phi) is 5.16. The summed E-state index contributed by atoms with van der Waals surface area (Å²) < 4.78 is 5.57. The molecule has 2 aromatic rings. The van der Waals surface area contributed by atoms with E-state index in [1.807, 2.05) is 37.3 Å². The molecule has 0 aliphatic heterocycles. The summed E-state index contributed by atoms with van der Waals surface area (Å²) in [6, 6.07) is 16.9. The highest BCUT2D eigenvalue weighted by molar-refractivity contribution is 5.80. The van der Waals surface area contributed by atoms with Crippen molar-refractivity contribution in [1.82, 2.24) is 5.32 Å². The van der Waals surface area contributed by atoms with Crippen molar-refractivity contribution in [3.05, 3.63) is 65.2 Å². The fraction of sp³-hybridized carbons (Fsp3) is 0.222. The number of carbonyl (C=O) groups excluding carboxylic acids is 1. The Hall–Kier alpha value is -2.80. The topological polar surface area (TPSA) is 62.1 Å². The van der Waals surface area contributed by atoms with E-state index in [9.17, 15) is 4.79 Å². The summed E-state index contributed by atoms with van der Waals surface area (Å²) >= 11 is 0. The first-order valence-electron chi connectivity index (χ1n) is 7.09. The van der Waals surface area contributed by atoms with Crippen LogP contribution in [0.5, 0.6) is 5.75 Å². The van der Waals surface area contributed by atoms with Gasteiger partial charge >= 0.3 is 0 Å². The third kappa shape index (κ3) is 4.10. The number of aryl methyl sites for hydroxylation is 1. The maximum atomic E-state index is 12.1. The van der Waals surface area contributed by atoms with E-state index in [1.54, 1.807) is 31.2 Å². The van der Waals surface area contributed by atoms with Gasteiger partial charge in [-0.3, -0.25) is 4.79 Å². The Labute approximate surface area is 130 Å². The predicted octanol–water partition coefficient (Wildman–Crippen LogP) is 2.95. The van der Waals surface area contributed by atoms with Gasteiger partial charge in [-0.05, 0) is 31.5 Å². The van der Waals surface area contributed by atoms with E-state index in [1.165, 1.54) is 5.56 Å². The Morgan fingerprint density at radius 1 is 1.23 bits per heavy atom. The van der Waals surface area contributed by atoms with Crippen molar-refractivity contribution in [2.45, 2.75) is 26.5 Å². The van der Waals surface area contributed by atoms with Gasteiger partial charge in [0.25, 0.3) is 5.91 Å². The molecule has 0 saturated carbocycles. The second kappa shape index (κ2) is 7.28. The van der Waals surface area contributed by atoms with Crippen LogP contribution in [0.15, 0.2) is 48.5 Å². The van der Waals surface area contributed by atoms with Crippen molar-refractivity contribution in [2.75, 3.05) is 0 Å². The highest BCUT2D eigenvalue weighted by atomic mass is 16.5. The van der Waals surface area contributed by atoms with E-state index >= 15 is 0 Å². The van der Waals surface area contributed by atoms with Crippen LogP contribution in [0.1, 0.15) is 23.6 Å². The van der Waals surface area contributed by atoms with Crippen LogP contribution in [0.3, 0.4) is 0 Å². The van der Waals surface area contributed by atoms with Gasteiger partial charge in [0.1, 0.15) is 11.8 Å². The van der Waals surface area contributed by atoms with Gasteiger partial charge in [-0.15, -0.1) is 0 Å². The minimum atomic E-state index is -0.667. The van der Waals surface area contributed by atoms with Crippen molar-refractivity contribution >= 4 is 5.91 Å². The molecule has 0 spiro atoms. The molecule has 22 heavy (non-hydrogen) atoms. The highest BCUT2D eigenvalue weighted by Gasteiger charge is 2.15. The lowest BCUT2D eigenvalue weighted by Crippen LogP contribution is -2.36. The molecule has 1 amide bonds. The van der Waals surface area contributed by atoms with Crippen LogP contribution in [0.2, 0.25) is 0 Å². The molecule has 0 heterocycles. The second-order valence-electron chi connectivity index (χ2n) is 5.07. The average molecular weight is 294 g/mol. The molecule has 0 fully saturated rings. The van der Waals surface area contributed by atoms with E-state index in [-0.39, 0.29) is 5.91 Å². The molecule has 2 rings (SSSR count). The fourth-order valence-corrected chi connectivity index (χ4v) is 1.94. The first-order valence-corrected chi connectivity index (χ1v) is 7.09. The lowest BCUT2D eigenvalue weighted by molar-refractivity contribution is -0.127. The number of nitriles is 1. The molecule has 1 atom stereocenters. The number of ether oxygens (including phenoxy) is 1. The first-order chi connectivity index (χ1) is 10.6. The standard InChI is InChI=1S/C18H18N2O2/c1-13-7-9-15(10-8-13)12-20-18(21)14(2)22-17-6-4-3-5-16(17)11-19/h3-10,14H,12H2,1-2H3,(H,20,21). The molecule has 0 bridgehead atoms. The number of para-hydroxylation sites is 1. The van der Waals surface area contributed by atoms with Crippen LogP contribution in [0.4, 0.5) is 0 Å². The minimum absolute atomic E-state index is 0.215. The number of rotatable bonds is 5. The summed E-state index contributed by atoms with van der Waals surface area (Å²) in [7, 11) is 0. The van der Waals surface area contributed by atoms with Gasteiger partial charge in [-0.25, -0.2) is 0 Å². The normalized spacial score (nSPS) is 11.3. The first kappa shape index (κ1) is 15.6. The minimum Gasteiger partial charge on any atom is -0.480 e. The largest absolute Gasteiger partial charge is 0.480 e. The van der Waals surface area contributed by atoms with Gasteiger partial charge in [0.05, 0.1) is 5.56 Å². The maximum absolute atomic E-state index is 12.1. The van der Waals surface area contributed by atoms with Gasteiger partial charge in [0.15, 0.2) is 6.10 Å². The van der Waals surface area contributed by atoms with Gasteiger partial charge in [0, 0.05) is 6.54 Å². The Balaban J connectivity index is 1.92. The molecule has 1 unspecified atom stereocenters. The van der Waals surface area contributed by atoms with Crippen LogP contribution >= 0.6 is 0 Å². The molecule has 1 N–H and O–H groups in total. The summed E-state index contributed by atoms with van der Waals surface area (Å²) in [6.45, 7) is 4.14. The molecule has 2 aromatic carbocycles. The number of nitrogens with one attached hydrogen (secondary N) is 1. The molecule has 0 aliphatic rings. The van der Waals surface area contributed by atoms with E-state index in [2.05, 4.69) is 5.32 Å². The molecule has 4 nitrogen and oxygen atoms in total. The summed E-state index contributed by atoms with van der Waals surface area (Å²) in [5.41, 5.74) is 2.63. The van der Waals surface area contributed by atoms with Crippen LogP contribution < -0.4 is 10.1 Å². The molecule has 112 valence electrons. The molecule has 0 aliphatic carbocycles. The lowest BCUT2D eigenvalue weighted by Gasteiger charge is -2.15. The average Bonchev–Trinajstić information content (AvgIpc) is 2.54. The van der Waals surface area contributed by atoms with Gasteiger partial charge in [-0.1, -0.05) is 42.0 Å². The zero-order chi connectivity index (χ0) is 15.9. The van der Waals surface area contributed by atoms with E-state index in [0.29, 0.717) is 17.9 Å². The zero-order valence-electron chi connectivity index (χ0n) is 12.7. The van der Waals surface area contributed by atoms with E-state index in [0.717, 1.165) is 5.56 Å². The summed E-state index contributed by atoms with van der Waals surface area (Å²) in [5.74, 6) is 0.205. The Morgan fingerprint density at radius 3 is 2.59 bits per heavy atom. The lowest BCUT2D eigenvalue weighted by atomic mass is 10.1. The molecule has 0 aromatic heterocycles. The molecular formula is C18H18N2O2. The molecular weight excluding hydrogens is 276 g/mol. The van der Waals surface area contributed by atoms with Gasteiger partial charge in [0.2, 0.25) is 0 Å². The SMILES string of the molecule is Cc1ccc(CNC(=O)C(C)Oc2ccccc2C#N)cc1. The number of hydrogen-bond donors (Lipinski definition) is 1. The summed E-state index contributed by atoms with van der Waals surface area (Å²) in [6.07, 6.45) is -0.667. The Bertz CT molecular complexity index is 687. The molecule has 0 saturated heterocycles. The number of benzene rings is 2. The third-order valence-electron chi connectivity index (χ3n) is 3.27. The van der Waals surface area contributed by atoms with E-state index < -0.39 is 6.10 Å². The van der Waals surface area contributed by atoms with Crippen LogP contribution in [0, 0.1) is 18.3 Å². The van der Waals surface area contributed by atoms with E-state index in [4.69, 9.17) is 10.00 Å². The number of hydrogen-bond acceptors (Lipinski definition) is 3. The smallest absolute Gasteiger partial charge is 0.261 e. The van der Waals surface area contributed by atoms with Crippen molar-refractivity contribution in [3.63, 3.8) is 0 Å². The maximum Gasteiger partial charge on any atom is 0.261 e. The van der Waals surface area contributed by atoms with Crippen LogP contribution in [-0.4, -0.2) is 12.0 Å². The van der Waals surface area contributed by atoms with Crippen molar-refractivity contribution in [1.29, 1.82) is 5.26 Å². The van der Waals surface area contributed by atoms with Crippen molar-refractivity contribution < 1.29 is 9.53 Å². The van der Waals surface area contributed by atoms with Crippen molar-refractivity contribution in [3.8, 4) is 11.8 Å². The second-order valence-corrected chi connectivity index (χ2v) is 5.07. The molecule has 0 radical (unpaired) electrons. The third-order valence-corrected chi connectivity index (χ3v) is 3.27. The van der Waals surface area contributed by atoms with Crippen LogP contribution in [-0.2, 0) is 11.3 Å². The summed E-state index contributed by atoms with van der Waals surface area (Å²) in [4.78, 5) is 12.1. The molecule has 4 heteroatoms. The number of nitrogens with zero attached hydrogens (tertiary/aromatic N) is 1. The number of amides is 1. The Morgan fingerprint density at radius 2 is 1.91 bits per heavy atom. The van der Waals surface area contributed by atoms with Gasteiger partial charge in [-0.2, -0.15) is 5.26 Å². The highest BCUT2D eigenvalue weighted by Crippen LogP contribution is 2.18. The van der Waals surface area contributed by atoms with Gasteiger partial charge < -0.3 is 10.1 Å². The number of carbonyl (C=O) groups is 1.